The minimum Gasteiger partial charge on any atom is -0.340 e. The van der Waals surface area contributed by atoms with Crippen molar-refractivity contribution in [3.63, 3.8) is 0 Å². The number of carbonyl (C=O) groups is 2. The zero-order valence-corrected chi connectivity index (χ0v) is 15.8. The normalized spacial score (nSPS) is 12.6. The van der Waals surface area contributed by atoms with Crippen LogP contribution in [0.4, 0.5) is 27.6 Å². The van der Waals surface area contributed by atoms with Crippen LogP contribution in [0, 0.1) is 24.5 Å². The van der Waals surface area contributed by atoms with Crippen molar-refractivity contribution in [2.24, 2.45) is 5.92 Å². The monoisotopic (exact) mass is 414 g/mol. The van der Waals surface area contributed by atoms with E-state index in [0.29, 0.717) is 0 Å². The highest BCUT2D eigenvalue weighted by atomic mass is 19.4. The summed E-state index contributed by atoms with van der Waals surface area (Å²) in [6.07, 6.45) is -4.60. The number of benzene rings is 2. The van der Waals surface area contributed by atoms with Gasteiger partial charge in [-0.25, -0.2) is 8.78 Å². The van der Waals surface area contributed by atoms with Gasteiger partial charge in [0.25, 0.3) is 5.91 Å². The Kier molecular flexibility index (Phi) is 6.61. The lowest BCUT2D eigenvalue weighted by Gasteiger charge is -2.22. The number of alkyl halides is 3. The van der Waals surface area contributed by atoms with Gasteiger partial charge < -0.3 is 10.6 Å². The molecule has 0 spiro atoms. The third kappa shape index (κ3) is 5.30. The molecule has 2 aromatic rings. The molecule has 2 aromatic carbocycles. The third-order valence-corrected chi connectivity index (χ3v) is 4.24. The van der Waals surface area contributed by atoms with E-state index in [9.17, 15) is 31.5 Å². The maximum absolute atomic E-state index is 13.8. The zero-order chi connectivity index (χ0) is 21.9. The fraction of sp³-hybridized carbons (Fsp3) is 0.300. The number of hydrogen-bond donors (Lipinski definition) is 2. The molecule has 2 rings (SSSR count). The van der Waals surface area contributed by atoms with E-state index in [-0.39, 0.29) is 11.3 Å². The van der Waals surface area contributed by atoms with E-state index in [1.807, 2.05) is 0 Å². The summed E-state index contributed by atoms with van der Waals surface area (Å²) in [4.78, 5) is 24.8. The average molecular weight is 414 g/mol. The molecule has 156 valence electrons. The summed E-state index contributed by atoms with van der Waals surface area (Å²) in [7, 11) is 0. The van der Waals surface area contributed by atoms with Gasteiger partial charge in [0.15, 0.2) is 0 Å². The Labute approximate surface area is 164 Å². The van der Waals surface area contributed by atoms with Crippen molar-refractivity contribution in [3.05, 3.63) is 64.7 Å². The lowest BCUT2D eigenvalue weighted by atomic mass is 10.0. The van der Waals surface area contributed by atoms with Crippen LogP contribution in [-0.2, 0) is 11.0 Å². The number of carbonyl (C=O) groups excluding carboxylic acids is 2. The van der Waals surface area contributed by atoms with E-state index in [4.69, 9.17) is 0 Å². The Morgan fingerprint density at radius 1 is 1.00 bits per heavy atom. The largest absolute Gasteiger partial charge is 0.416 e. The second-order valence-corrected chi connectivity index (χ2v) is 6.81. The Morgan fingerprint density at radius 2 is 1.59 bits per heavy atom. The second kappa shape index (κ2) is 8.59. The van der Waals surface area contributed by atoms with Gasteiger partial charge in [0.05, 0.1) is 5.56 Å². The van der Waals surface area contributed by atoms with Crippen LogP contribution >= 0.6 is 0 Å². The van der Waals surface area contributed by atoms with Crippen LogP contribution in [-0.4, -0.2) is 17.9 Å². The zero-order valence-electron chi connectivity index (χ0n) is 15.8. The fourth-order valence-electron chi connectivity index (χ4n) is 2.69. The molecule has 4 nitrogen and oxygen atoms in total. The van der Waals surface area contributed by atoms with E-state index in [1.165, 1.54) is 19.1 Å². The Morgan fingerprint density at radius 3 is 2.10 bits per heavy atom. The molecule has 0 radical (unpaired) electrons. The van der Waals surface area contributed by atoms with Crippen LogP contribution in [0.1, 0.15) is 35.3 Å². The molecule has 0 saturated carbocycles. The molecule has 0 saturated heterocycles. The van der Waals surface area contributed by atoms with E-state index < -0.39 is 52.7 Å². The highest BCUT2D eigenvalue weighted by Gasteiger charge is 2.33. The van der Waals surface area contributed by atoms with Crippen LogP contribution in [0.15, 0.2) is 36.4 Å². The van der Waals surface area contributed by atoms with Crippen molar-refractivity contribution in [2.75, 3.05) is 5.32 Å². The van der Waals surface area contributed by atoms with Crippen LogP contribution in [0.5, 0.6) is 0 Å². The molecule has 0 aromatic heterocycles. The maximum Gasteiger partial charge on any atom is 0.416 e. The standard InChI is InChI=1S/C20H19F5N2O2/c1-10(2)17(27-18(28)16-14(21)5-4-6-15(16)22)19(29)26-12-8-7-11(3)13(9-12)20(23,24)25/h4-10,17H,1-3H3,(H,26,29)(H,27,28)/t17-/m0/s1. The van der Waals surface area contributed by atoms with Gasteiger partial charge >= 0.3 is 6.18 Å². The first-order chi connectivity index (χ1) is 13.4. The fourth-order valence-corrected chi connectivity index (χ4v) is 2.69. The van der Waals surface area contributed by atoms with Crippen molar-refractivity contribution in [3.8, 4) is 0 Å². The molecular formula is C20H19F5N2O2. The lowest BCUT2D eigenvalue weighted by molar-refractivity contribution is -0.138. The molecule has 0 fully saturated rings. The first-order valence-electron chi connectivity index (χ1n) is 8.65. The van der Waals surface area contributed by atoms with Gasteiger partial charge in [-0.15, -0.1) is 0 Å². The summed E-state index contributed by atoms with van der Waals surface area (Å²) < 4.78 is 66.7. The summed E-state index contributed by atoms with van der Waals surface area (Å²) in [5.41, 5.74) is -1.89. The molecule has 0 aliphatic carbocycles. The summed E-state index contributed by atoms with van der Waals surface area (Å²) in [5.74, 6) is -4.67. The molecule has 2 amide bonds. The van der Waals surface area contributed by atoms with Gasteiger partial charge in [-0.3, -0.25) is 9.59 Å². The Hall–Kier alpha value is -2.97. The van der Waals surface area contributed by atoms with Crippen molar-refractivity contribution in [2.45, 2.75) is 33.0 Å². The molecule has 0 heterocycles. The van der Waals surface area contributed by atoms with Crippen LogP contribution in [0.2, 0.25) is 0 Å². The number of nitrogens with one attached hydrogen (secondary N) is 2. The summed E-state index contributed by atoms with van der Waals surface area (Å²) >= 11 is 0. The first-order valence-corrected chi connectivity index (χ1v) is 8.65. The number of amides is 2. The number of hydrogen-bond acceptors (Lipinski definition) is 2. The number of aryl methyl sites for hydroxylation is 1. The maximum atomic E-state index is 13.8. The van der Waals surface area contributed by atoms with Crippen molar-refractivity contribution in [1.82, 2.24) is 5.32 Å². The molecule has 2 N–H and O–H groups in total. The topological polar surface area (TPSA) is 58.2 Å². The first kappa shape index (κ1) is 22.3. The summed E-state index contributed by atoms with van der Waals surface area (Å²) in [6, 6.07) is 4.92. The smallest absolute Gasteiger partial charge is 0.340 e. The van der Waals surface area contributed by atoms with Crippen molar-refractivity contribution in [1.29, 1.82) is 0 Å². The number of halogens is 5. The van der Waals surface area contributed by atoms with Gasteiger partial charge in [0.2, 0.25) is 5.91 Å². The molecule has 0 unspecified atom stereocenters. The highest BCUT2D eigenvalue weighted by molar-refractivity contribution is 6.01. The molecule has 0 bridgehead atoms. The molecule has 1 atom stereocenters. The molecule has 0 aliphatic rings. The van der Waals surface area contributed by atoms with Gasteiger partial charge in [0, 0.05) is 5.69 Å². The number of anilines is 1. The second-order valence-electron chi connectivity index (χ2n) is 6.81. The SMILES string of the molecule is Cc1ccc(NC(=O)[C@@H](NC(=O)c2c(F)cccc2F)C(C)C)cc1C(F)(F)F. The predicted molar refractivity (Wildman–Crippen MR) is 97.3 cm³/mol. The summed E-state index contributed by atoms with van der Waals surface area (Å²) in [5, 5.41) is 4.55. The molecule has 29 heavy (non-hydrogen) atoms. The van der Waals surface area contributed by atoms with E-state index >= 15 is 0 Å². The molecular weight excluding hydrogens is 395 g/mol. The lowest BCUT2D eigenvalue weighted by Crippen LogP contribution is -2.47. The van der Waals surface area contributed by atoms with E-state index in [2.05, 4.69) is 10.6 Å². The minimum atomic E-state index is -4.60. The predicted octanol–water partition coefficient (Wildman–Crippen LogP) is 4.69. The van der Waals surface area contributed by atoms with Crippen LogP contribution in [0.25, 0.3) is 0 Å². The van der Waals surface area contributed by atoms with Crippen molar-refractivity contribution >= 4 is 17.5 Å². The van der Waals surface area contributed by atoms with Crippen molar-refractivity contribution < 1.29 is 31.5 Å². The molecule has 0 aliphatic heterocycles. The van der Waals surface area contributed by atoms with Crippen LogP contribution < -0.4 is 10.6 Å². The van der Waals surface area contributed by atoms with Crippen LogP contribution in [0.3, 0.4) is 0 Å². The van der Waals surface area contributed by atoms with E-state index in [1.54, 1.807) is 13.8 Å². The van der Waals surface area contributed by atoms with E-state index in [0.717, 1.165) is 24.3 Å². The third-order valence-electron chi connectivity index (χ3n) is 4.24. The van der Waals surface area contributed by atoms with Gasteiger partial charge in [-0.1, -0.05) is 26.0 Å². The van der Waals surface area contributed by atoms with Gasteiger partial charge in [-0.2, -0.15) is 13.2 Å². The minimum absolute atomic E-state index is 0.0146. The summed E-state index contributed by atoms with van der Waals surface area (Å²) in [6.45, 7) is 4.42. The quantitative estimate of drug-likeness (QED) is 0.698. The Balaban J connectivity index is 2.24. The highest BCUT2D eigenvalue weighted by Crippen LogP contribution is 2.33. The van der Waals surface area contributed by atoms with Gasteiger partial charge in [-0.05, 0) is 42.7 Å². The number of rotatable bonds is 5. The average Bonchev–Trinajstić information content (AvgIpc) is 2.59. The van der Waals surface area contributed by atoms with Gasteiger partial charge in [0.1, 0.15) is 23.2 Å². The Bertz CT molecular complexity index is 905. The molecule has 9 heteroatoms.